The van der Waals surface area contributed by atoms with Gasteiger partial charge in [0.25, 0.3) is 0 Å². The van der Waals surface area contributed by atoms with Gasteiger partial charge in [-0.25, -0.2) is 4.79 Å². The number of carbonyl (C=O) groups excluding carboxylic acids is 3. The monoisotopic (exact) mass is 251 g/mol. The highest BCUT2D eigenvalue weighted by molar-refractivity contribution is 8.15. The number of benzene rings is 1. The topological polar surface area (TPSA) is 72.5 Å². The molecule has 0 spiro atoms. The quantitative estimate of drug-likeness (QED) is 0.818. The second-order valence-corrected chi connectivity index (χ2v) is 4.43. The molecular weight excluding hydrogens is 242 g/mol. The lowest BCUT2D eigenvalue weighted by atomic mass is 10.1. The molecule has 0 aromatic heterocycles. The first kappa shape index (κ1) is 11.7. The Kier molecular flexibility index (Phi) is 3.14. The lowest BCUT2D eigenvalue weighted by Gasteiger charge is -2.08. The third-order valence-electron chi connectivity index (χ3n) is 2.34. The van der Waals surface area contributed by atoms with Crippen molar-refractivity contribution in [2.24, 2.45) is 0 Å². The highest BCUT2D eigenvalue weighted by atomic mass is 32.2. The van der Waals surface area contributed by atoms with Crippen molar-refractivity contribution in [3.05, 3.63) is 35.4 Å². The molecule has 1 aliphatic heterocycles. The van der Waals surface area contributed by atoms with E-state index in [1.165, 1.54) is 7.11 Å². The molecule has 17 heavy (non-hydrogen) atoms. The van der Waals surface area contributed by atoms with Crippen molar-refractivity contribution in [2.45, 2.75) is 5.25 Å². The Bertz CT molecular complexity index is 500. The van der Waals surface area contributed by atoms with Gasteiger partial charge in [-0.2, -0.15) is 0 Å². The number of alkyl carbamates (subject to hydrolysis) is 1. The van der Waals surface area contributed by atoms with Crippen LogP contribution in [0.4, 0.5) is 4.79 Å². The van der Waals surface area contributed by atoms with E-state index in [4.69, 9.17) is 0 Å². The fourth-order valence-corrected chi connectivity index (χ4v) is 2.58. The number of methoxy groups -OCH3 is 1. The second kappa shape index (κ2) is 4.58. The minimum absolute atomic E-state index is 0.161. The highest BCUT2D eigenvalue weighted by Gasteiger charge is 2.35. The summed E-state index contributed by atoms with van der Waals surface area (Å²) in [7, 11) is 1.17. The van der Waals surface area contributed by atoms with Crippen LogP contribution in [0.15, 0.2) is 24.3 Å². The zero-order valence-corrected chi connectivity index (χ0v) is 9.74. The third kappa shape index (κ3) is 2.16. The van der Waals surface area contributed by atoms with Crippen molar-refractivity contribution < 1.29 is 19.1 Å². The molecule has 2 rings (SSSR count). The fourth-order valence-electron chi connectivity index (χ4n) is 1.56. The Morgan fingerprint density at radius 3 is 2.76 bits per heavy atom. The van der Waals surface area contributed by atoms with Crippen molar-refractivity contribution in [3.8, 4) is 0 Å². The van der Waals surface area contributed by atoms with Crippen LogP contribution in [-0.2, 0) is 9.53 Å². The molecule has 1 heterocycles. The number of nitrogens with one attached hydrogen (secondary N) is 1. The molecule has 88 valence electrons. The van der Waals surface area contributed by atoms with Crippen LogP contribution in [0.3, 0.4) is 0 Å². The first-order chi connectivity index (χ1) is 8.13. The van der Waals surface area contributed by atoms with Gasteiger partial charge >= 0.3 is 6.09 Å². The van der Waals surface area contributed by atoms with E-state index >= 15 is 0 Å². The van der Waals surface area contributed by atoms with Crippen LogP contribution in [0.2, 0.25) is 0 Å². The Morgan fingerprint density at radius 1 is 1.35 bits per heavy atom. The van der Waals surface area contributed by atoms with E-state index in [0.29, 0.717) is 11.1 Å². The molecule has 2 amide bonds. The first-order valence-electron chi connectivity index (χ1n) is 4.82. The number of imide groups is 1. The van der Waals surface area contributed by atoms with E-state index in [9.17, 15) is 14.4 Å². The lowest BCUT2D eigenvalue weighted by molar-refractivity contribution is -0.119. The Balaban J connectivity index is 2.23. The summed E-state index contributed by atoms with van der Waals surface area (Å²) < 4.78 is 4.33. The van der Waals surface area contributed by atoms with Gasteiger partial charge in [0.2, 0.25) is 11.0 Å². The summed E-state index contributed by atoms with van der Waals surface area (Å²) in [6.45, 7) is 0. The van der Waals surface area contributed by atoms with E-state index in [1.807, 2.05) is 0 Å². The van der Waals surface area contributed by atoms with E-state index < -0.39 is 17.3 Å². The molecule has 1 unspecified atom stereocenters. The molecule has 0 saturated heterocycles. The smallest absolute Gasteiger partial charge is 0.413 e. The zero-order chi connectivity index (χ0) is 12.4. The summed E-state index contributed by atoms with van der Waals surface area (Å²) in [5.74, 6) is -0.542. The van der Waals surface area contributed by atoms with Crippen molar-refractivity contribution in [2.75, 3.05) is 7.11 Å². The number of hydrogen-bond donors (Lipinski definition) is 1. The zero-order valence-electron chi connectivity index (χ0n) is 8.93. The summed E-state index contributed by atoms with van der Waals surface area (Å²) in [5, 5.41) is 1.22. The second-order valence-electron chi connectivity index (χ2n) is 3.35. The Morgan fingerprint density at radius 2 is 2.06 bits per heavy atom. The largest absolute Gasteiger partial charge is 0.453 e. The van der Waals surface area contributed by atoms with Gasteiger partial charge < -0.3 is 4.74 Å². The van der Waals surface area contributed by atoms with Crippen LogP contribution in [0.25, 0.3) is 0 Å². The Hall–Kier alpha value is -1.82. The summed E-state index contributed by atoms with van der Waals surface area (Å²) in [6, 6.07) is 6.85. The lowest BCUT2D eigenvalue weighted by Crippen LogP contribution is -2.33. The van der Waals surface area contributed by atoms with Crippen LogP contribution < -0.4 is 5.32 Å². The number of rotatable bonds is 1. The predicted molar refractivity (Wildman–Crippen MR) is 61.7 cm³/mol. The first-order valence-corrected chi connectivity index (χ1v) is 5.70. The van der Waals surface area contributed by atoms with Crippen LogP contribution in [0.5, 0.6) is 0 Å². The molecule has 0 bridgehead atoms. The van der Waals surface area contributed by atoms with Gasteiger partial charge in [0.05, 0.1) is 7.11 Å². The average Bonchev–Trinajstić information content (AvgIpc) is 2.67. The predicted octanol–water partition coefficient (Wildman–Crippen LogP) is 1.50. The molecule has 5 nitrogen and oxygen atoms in total. The standard InChI is InChI=1S/C11H9NO4S/c1-16-11(15)12-9(13)8-6-4-2-3-5-7(6)10(14)17-8/h2-5,8H,1H3,(H,12,13,15). The maximum absolute atomic E-state index is 11.7. The number of fused-ring (bicyclic) bond motifs is 1. The minimum atomic E-state index is -0.826. The molecule has 1 atom stereocenters. The summed E-state index contributed by atoms with van der Waals surface area (Å²) >= 11 is 0.896. The van der Waals surface area contributed by atoms with Crippen molar-refractivity contribution in [3.63, 3.8) is 0 Å². The van der Waals surface area contributed by atoms with Crippen LogP contribution in [0, 0.1) is 0 Å². The minimum Gasteiger partial charge on any atom is -0.453 e. The maximum Gasteiger partial charge on any atom is 0.413 e. The molecule has 0 aliphatic carbocycles. The van der Waals surface area contributed by atoms with E-state index in [1.54, 1.807) is 24.3 Å². The van der Waals surface area contributed by atoms with Gasteiger partial charge in [-0.15, -0.1) is 0 Å². The summed E-state index contributed by atoms with van der Waals surface area (Å²) in [4.78, 5) is 34.3. The van der Waals surface area contributed by atoms with Gasteiger partial charge in [0.1, 0.15) is 5.25 Å². The molecule has 0 saturated carbocycles. The number of ether oxygens (including phenoxy) is 1. The normalized spacial score (nSPS) is 17.5. The SMILES string of the molecule is COC(=O)NC(=O)C1SC(=O)c2ccccc21. The van der Waals surface area contributed by atoms with Crippen LogP contribution in [0.1, 0.15) is 21.2 Å². The van der Waals surface area contributed by atoms with E-state index in [0.717, 1.165) is 11.8 Å². The summed E-state index contributed by atoms with van der Waals surface area (Å²) in [6.07, 6.45) is -0.826. The number of thioether (sulfide) groups is 1. The van der Waals surface area contributed by atoms with Crippen molar-refractivity contribution >= 4 is 28.9 Å². The number of hydrogen-bond acceptors (Lipinski definition) is 5. The molecule has 0 radical (unpaired) electrons. The number of carbonyl (C=O) groups is 3. The van der Waals surface area contributed by atoms with Gasteiger partial charge in [0.15, 0.2) is 0 Å². The molecule has 6 heteroatoms. The molecular formula is C11H9NO4S. The summed E-state index contributed by atoms with van der Waals surface area (Å²) in [5.41, 5.74) is 1.14. The molecule has 1 aromatic carbocycles. The fraction of sp³-hybridized carbons (Fsp3) is 0.182. The van der Waals surface area contributed by atoms with E-state index in [2.05, 4.69) is 10.1 Å². The maximum atomic E-state index is 11.7. The average molecular weight is 251 g/mol. The van der Waals surface area contributed by atoms with Gasteiger partial charge in [-0.3, -0.25) is 14.9 Å². The van der Waals surface area contributed by atoms with Gasteiger partial charge in [0, 0.05) is 5.56 Å². The van der Waals surface area contributed by atoms with Gasteiger partial charge in [-0.05, 0) is 5.56 Å². The van der Waals surface area contributed by atoms with Crippen LogP contribution >= 0.6 is 11.8 Å². The van der Waals surface area contributed by atoms with Crippen molar-refractivity contribution in [1.82, 2.24) is 5.32 Å². The van der Waals surface area contributed by atoms with E-state index in [-0.39, 0.29) is 5.12 Å². The third-order valence-corrected chi connectivity index (χ3v) is 3.47. The number of amides is 2. The highest BCUT2D eigenvalue weighted by Crippen LogP contribution is 2.41. The van der Waals surface area contributed by atoms with Crippen molar-refractivity contribution in [1.29, 1.82) is 0 Å². The Labute approximate surface area is 102 Å². The molecule has 1 N–H and O–H groups in total. The molecule has 1 aromatic rings. The molecule has 0 fully saturated rings. The van der Waals surface area contributed by atoms with Gasteiger partial charge in [-0.1, -0.05) is 36.0 Å². The molecule has 1 aliphatic rings. The van der Waals surface area contributed by atoms with Crippen LogP contribution in [-0.4, -0.2) is 24.2 Å².